The van der Waals surface area contributed by atoms with Crippen LogP contribution in [0.4, 0.5) is 33.2 Å². The molecule has 11 heteroatoms. The Morgan fingerprint density at radius 2 is 1.85 bits per heavy atom. The van der Waals surface area contributed by atoms with Gasteiger partial charge in [-0.15, -0.1) is 0 Å². The van der Waals surface area contributed by atoms with Crippen molar-refractivity contribution in [3.05, 3.63) is 60.3 Å². The van der Waals surface area contributed by atoms with Gasteiger partial charge in [-0.05, 0) is 70.2 Å². The van der Waals surface area contributed by atoms with Gasteiger partial charge in [0.15, 0.2) is 5.82 Å². The van der Waals surface area contributed by atoms with Crippen molar-refractivity contribution < 1.29 is 18.7 Å². The molecular weight excluding hydrogens is 513 g/mol. The van der Waals surface area contributed by atoms with Crippen molar-refractivity contribution in [1.29, 1.82) is 0 Å². The molecule has 0 saturated carbocycles. The molecule has 10 nitrogen and oxygen atoms in total. The Balaban J connectivity index is 1.42. The number of piperidine rings is 1. The van der Waals surface area contributed by atoms with Gasteiger partial charge in [-0.3, -0.25) is 9.59 Å². The number of rotatable bonds is 6. The molecule has 2 aliphatic rings. The molecule has 1 unspecified atom stereocenters. The Kier molecular flexibility index (Phi) is 7.57. The number of hydrogen-bond acceptors (Lipinski definition) is 8. The zero-order valence-electron chi connectivity index (χ0n) is 23.1. The third kappa shape index (κ3) is 5.55. The number of anilines is 5. The van der Waals surface area contributed by atoms with Crippen molar-refractivity contribution in [3.63, 3.8) is 0 Å². The van der Waals surface area contributed by atoms with Crippen LogP contribution < -0.4 is 25.2 Å². The number of halogens is 1. The van der Waals surface area contributed by atoms with E-state index < -0.39 is 11.6 Å². The van der Waals surface area contributed by atoms with Crippen LogP contribution in [0.1, 0.15) is 30.1 Å². The van der Waals surface area contributed by atoms with Crippen molar-refractivity contribution >= 4 is 40.6 Å². The maximum Gasteiger partial charge on any atom is 0.266 e. The summed E-state index contributed by atoms with van der Waals surface area (Å²) >= 11 is 0. The lowest BCUT2D eigenvalue weighted by molar-refractivity contribution is -0.127. The van der Waals surface area contributed by atoms with Crippen LogP contribution in [-0.4, -0.2) is 79.2 Å². The predicted molar refractivity (Wildman–Crippen MR) is 153 cm³/mol. The molecule has 0 bridgehead atoms. The second-order valence-electron chi connectivity index (χ2n) is 10.5. The summed E-state index contributed by atoms with van der Waals surface area (Å²) in [6.07, 6.45) is 3.32. The largest absolute Gasteiger partial charge is 0.495 e. The second-order valence-corrected chi connectivity index (χ2v) is 10.5. The van der Waals surface area contributed by atoms with E-state index in [-0.39, 0.29) is 24.4 Å². The normalized spacial score (nSPS) is 20.1. The summed E-state index contributed by atoms with van der Waals surface area (Å²) in [5, 5.41) is 6.27. The van der Waals surface area contributed by atoms with Crippen LogP contribution in [0.5, 0.6) is 5.75 Å². The SMILES string of the molecule is COc1cc(C(=O)NC2CCN(C)CC2)ccc1Nc1ncc2c(n1)N(c1ccccc1)CC(C)(F)C(=O)N2C. The molecule has 0 radical (unpaired) electrons. The topological polar surface area (TPSA) is 103 Å². The molecule has 1 atom stereocenters. The molecule has 2 amide bonds. The Morgan fingerprint density at radius 1 is 1.12 bits per heavy atom. The molecule has 1 aromatic heterocycles. The monoisotopic (exact) mass is 547 g/mol. The highest BCUT2D eigenvalue weighted by Crippen LogP contribution is 2.39. The van der Waals surface area contributed by atoms with Gasteiger partial charge in [-0.25, -0.2) is 9.37 Å². The number of aromatic nitrogens is 2. The minimum atomic E-state index is -2.15. The van der Waals surface area contributed by atoms with E-state index >= 15 is 4.39 Å². The highest BCUT2D eigenvalue weighted by molar-refractivity contribution is 6.03. The van der Waals surface area contributed by atoms with Crippen LogP contribution in [0.2, 0.25) is 0 Å². The summed E-state index contributed by atoms with van der Waals surface area (Å²) in [7, 11) is 5.12. The Bertz CT molecular complexity index is 1390. The number of para-hydroxylation sites is 1. The number of nitrogens with one attached hydrogen (secondary N) is 2. The molecular formula is C29H34FN7O3. The summed E-state index contributed by atoms with van der Waals surface area (Å²) < 4.78 is 21.1. The predicted octanol–water partition coefficient (Wildman–Crippen LogP) is 3.90. The summed E-state index contributed by atoms with van der Waals surface area (Å²) in [6, 6.07) is 14.5. The van der Waals surface area contributed by atoms with E-state index in [1.807, 2.05) is 30.3 Å². The first kappa shape index (κ1) is 27.3. The lowest BCUT2D eigenvalue weighted by Crippen LogP contribution is -2.46. The Hall–Kier alpha value is -4.25. The number of fused-ring (bicyclic) bond motifs is 1. The number of ether oxygens (including phenoxy) is 1. The first-order chi connectivity index (χ1) is 19.2. The molecule has 3 heterocycles. The Morgan fingerprint density at radius 3 is 2.55 bits per heavy atom. The highest BCUT2D eigenvalue weighted by Gasteiger charge is 2.43. The fourth-order valence-electron chi connectivity index (χ4n) is 5.06. The number of nitrogens with zero attached hydrogens (tertiary/aromatic N) is 5. The average molecular weight is 548 g/mol. The molecule has 2 aromatic carbocycles. The van der Waals surface area contributed by atoms with Gasteiger partial charge in [-0.1, -0.05) is 18.2 Å². The molecule has 1 saturated heterocycles. The van der Waals surface area contributed by atoms with Gasteiger partial charge in [-0.2, -0.15) is 4.98 Å². The fourth-order valence-corrected chi connectivity index (χ4v) is 5.06. The fraction of sp³-hybridized carbons (Fsp3) is 0.379. The summed E-state index contributed by atoms with van der Waals surface area (Å²) in [5.74, 6) is 0.227. The lowest BCUT2D eigenvalue weighted by Gasteiger charge is -2.29. The molecule has 5 rings (SSSR count). The van der Waals surface area contributed by atoms with E-state index in [0.29, 0.717) is 34.2 Å². The molecule has 2 aliphatic heterocycles. The van der Waals surface area contributed by atoms with E-state index in [2.05, 4.69) is 27.6 Å². The van der Waals surface area contributed by atoms with E-state index in [0.717, 1.165) is 25.9 Å². The number of carbonyl (C=O) groups excluding carboxylic acids is 2. The number of benzene rings is 2. The van der Waals surface area contributed by atoms with Crippen LogP contribution in [0.3, 0.4) is 0 Å². The number of amides is 2. The van der Waals surface area contributed by atoms with Crippen molar-refractivity contribution in [3.8, 4) is 5.75 Å². The smallest absolute Gasteiger partial charge is 0.266 e. The molecule has 3 aromatic rings. The van der Waals surface area contributed by atoms with Gasteiger partial charge in [0.1, 0.15) is 11.4 Å². The molecule has 40 heavy (non-hydrogen) atoms. The minimum absolute atomic E-state index is 0.143. The van der Waals surface area contributed by atoms with Gasteiger partial charge in [0, 0.05) is 24.3 Å². The molecule has 0 aliphatic carbocycles. The lowest BCUT2D eigenvalue weighted by atomic mass is 10.0. The van der Waals surface area contributed by atoms with Gasteiger partial charge in [0.25, 0.3) is 11.8 Å². The number of alkyl halides is 1. The standard InChI is InChI=1S/C29H34FN7O3/c1-29(30)18-37(21-8-6-5-7-9-21)25-23(36(3)27(29)39)17-31-28(34-25)33-22-11-10-19(16-24(22)40-4)26(38)32-20-12-14-35(2)15-13-20/h5-11,16-17,20H,12-15,18H2,1-4H3,(H,32,38)(H,31,33,34). The van der Waals surface area contributed by atoms with Crippen LogP contribution in [-0.2, 0) is 4.79 Å². The van der Waals surface area contributed by atoms with Crippen molar-refractivity contribution in [2.75, 3.05) is 56.0 Å². The molecule has 0 spiro atoms. The first-order valence-corrected chi connectivity index (χ1v) is 13.3. The first-order valence-electron chi connectivity index (χ1n) is 13.3. The summed E-state index contributed by atoms with van der Waals surface area (Å²) in [4.78, 5) is 40.1. The van der Waals surface area contributed by atoms with E-state index in [4.69, 9.17) is 9.72 Å². The van der Waals surface area contributed by atoms with Gasteiger partial charge >= 0.3 is 0 Å². The quantitative estimate of drug-likeness (QED) is 0.479. The van der Waals surface area contributed by atoms with Crippen LogP contribution in [0.25, 0.3) is 0 Å². The van der Waals surface area contributed by atoms with Crippen LogP contribution in [0.15, 0.2) is 54.7 Å². The third-order valence-electron chi connectivity index (χ3n) is 7.40. The van der Waals surface area contributed by atoms with E-state index in [1.54, 1.807) is 23.1 Å². The third-order valence-corrected chi connectivity index (χ3v) is 7.40. The molecule has 210 valence electrons. The number of likely N-dealkylation sites (tertiary alicyclic amines) is 1. The van der Waals surface area contributed by atoms with Gasteiger partial charge in [0.05, 0.1) is 25.5 Å². The zero-order valence-corrected chi connectivity index (χ0v) is 23.1. The molecule has 2 N–H and O–H groups in total. The molecule has 1 fully saturated rings. The highest BCUT2D eigenvalue weighted by atomic mass is 19.1. The number of methoxy groups -OCH3 is 1. The maximum atomic E-state index is 15.5. The summed E-state index contributed by atoms with van der Waals surface area (Å²) in [6.45, 7) is 2.96. The van der Waals surface area contributed by atoms with Crippen molar-refractivity contribution in [2.24, 2.45) is 0 Å². The van der Waals surface area contributed by atoms with Gasteiger partial charge in [0.2, 0.25) is 11.6 Å². The second kappa shape index (κ2) is 11.1. The number of hydrogen-bond donors (Lipinski definition) is 2. The van der Waals surface area contributed by atoms with Gasteiger partial charge < -0.3 is 30.1 Å². The number of carbonyl (C=O) groups is 2. The van der Waals surface area contributed by atoms with Crippen molar-refractivity contribution in [1.82, 2.24) is 20.2 Å². The average Bonchev–Trinajstić information content (AvgIpc) is 3.03. The zero-order chi connectivity index (χ0) is 28.4. The minimum Gasteiger partial charge on any atom is -0.495 e. The summed E-state index contributed by atoms with van der Waals surface area (Å²) in [5.41, 5.74) is -0.0298. The van der Waals surface area contributed by atoms with Crippen LogP contribution >= 0.6 is 0 Å². The maximum absolute atomic E-state index is 15.5. The Labute approximate surface area is 233 Å². The van der Waals surface area contributed by atoms with Crippen LogP contribution in [0, 0.1) is 0 Å². The van der Waals surface area contributed by atoms with E-state index in [1.165, 1.54) is 32.2 Å². The van der Waals surface area contributed by atoms with Crippen molar-refractivity contribution in [2.45, 2.75) is 31.5 Å². The van der Waals surface area contributed by atoms with E-state index in [9.17, 15) is 9.59 Å².